The van der Waals surface area contributed by atoms with Crippen molar-refractivity contribution in [3.05, 3.63) is 34.3 Å². The molecular weight excluding hydrogens is 250 g/mol. The molecule has 1 aromatic carbocycles. The Labute approximate surface area is 100 Å². The van der Waals surface area contributed by atoms with Crippen molar-refractivity contribution in [3.8, 4) is 0 Å². The second kappa shape index (κ2) is 4.67. The minimum absolute atomic E-state index is 0.575. The molecule has 0 bridgehead atoms. The van der Waals surface area contributed by atoms with E-state index in [9.17, 15) is 0 Å². The van der Waals surface area contributed by atoms with Crippen molar-refractivity contribution < 1.29 is 0 Å². The molecule has 2 rings (SSSR count). The summed E-state index contributed by atoms with van der Waals surface area (Å²) in [6, 6.07) is 8.50. The van der Waals surface area contributed by atoms with Crippen LogP contribution >= 0.6 is 15.9 Å². The predicted octanol–water partition coefficient (Wildman–Crippen LogP) is 3.73. The standard InChI is InChI=1S/C13H18BrN/c1-13(6-3-7-13)10-15-9-11-4-2-5-12(14)8-11/h2,4-5,8,15H,3,6-7,9-10H2,1H3. The van der Waals surface area contributed by atoms with Crippen molar-refractivity contribution in [3.63, 3.8) is 0 Å². The normalized spacial score (nSPS) is 18.5. The molecule has 1 fully saturated rings. The lowest BCUT2D eigenvalue weighted by Crippen LogP contribution is -2.36. The molecule has 0 spiro atoms. The van der Waals surface area contributed by atoms with Gasteiger partial charge >= 0.3 is 0 Å². The van der Waals surface area contributed by atoms with Crippen molar-refractivity contribution in [2.45, 2.75) is 32.7 Å². The summed E-state index contributed by atoms with van der Waals surface area (Å²) >= 11 is 3.49. The highest BCUT2D eigenvalue weighted by atomic mass is 79.9. The molecule has 1 saturated carbocycles. The molecular formula is C13H18BrN. The minimum Gasteiger partial charge on any atom is -0.312 e. The van der Waals surface area contributed by atoms with Gasteiger partial charge in [-0.3, -0.25) is 0 Å². The molecule has 1 nitrogen and oxygen atoms in total. The van der Waals surface area contributed by atoms with Crippen LogP contribution in [-0.4, -0.2) is 6.54 Å². The van der Waals surface area contributed by atoms with Gasteiger partial charge in [0.15, 0.2) is 0 Å². The third kappa shape index (κ3) is 3.05. The lowest BCUT2D eigenvalue weighted by Gasteiger charge is -2.38. The van der Waals surface area contributed by atoms with Crippen molar-refractivity contribution in [1.82, 2.24) is 5.32 Å². The van der Waals surface area contributed by atoms with Crippen LogP contribution in [0.2, 0.25) is 0 Å². The summed E-state index contributed by atoms with van der Waals surface area (Å²) in [6.07, 6.45) is 4.19. The molecule has 0 atom stereocenters. The number of hydrogen-bond donors (Lipinski definition) is 1. The van der Waals surface area contributed by atoms with Gasteiger partial charge in [0.2, 0.25) is 0 Å². The van der Waals surface area contributed by atoms with E-state index >= 15 is 0 Å². The number of hydrogen-bond acceptors (Lipinski definition) is 1. The molecule has 1 aliphatic carbocycles. The first-order chi connectivity index (χ1) is 7.18. The Morgan fingerprint density at radius 3 is 2.80 bits per heavy atom. The van der Waals surface area contributed by atoms with Crippen LogP contribution in [0.1, 0.15) is 31.7 Å². The van der Waals surface area contributed by atoms with Crippen LogP contribution in [0.5, 0.6) is 0 Å². The molecule has 2 heteroatoms. The maximum absolute atomic E-state index is 3.55. The third-order valence-corrected chi connectivity index (χ3v) is 3.82. The minimum atomic E-state index is 0.575. The van der Waals surface area contributed by atoms with Gasteiger partial charge in [0, 0.05) is 17.6 Å². The topological polar surface area (TPSA) is 12.0 Å². The smallest absolute Gasteiger partial charge is 0.0206 e. The van der Waals surface area contributed by atoms with Crippen molar-refractivity contribution in [2.24, 2.45) is 5.41 Å². The average molecular weight is 268 g/mol. The fraction of sp³-hybridized carbons (Fsp3) is 0.538. The SMILES string of the molecule is CC1(CNCc2cccc(Br)c2)CCC1. The summed E-state index contributed by atoms with van der Waals surface area (Å²) in [5.74, 6) is 0. The van der Waals surface area contributed by atoms with Gasteiger partial charge in [-0.05, 0) is 36.0 Å². The van der Waals surface area contributed by atoms with Crippen LogP contribution in [0.25, 0.3) is 0 Å². The summed E-state index contributed by atoms with van der Waals surface area (Å²) in [5, 5.41) is 3.55. The van der Waals surface area contributed by atoms with E-state index in [-0.39, 0.29) is 0 Å². The van der Waals surface area contributed by atoms with Crippen LogP contribution < -0.4 is 5.32 Å². The zero-order valence-corrected chi connectivity index (χ0v) is 10.8. The van der Waals surface area contributed by atoms with Gasteiger partial charge in [-0.1, -0.05) is 41.4 Å². The summed E-state index contributed by atoms with van der Waals surface area (Å²) < 4.78 is 1.16. The first kappa shape index (κ1) is 11.2. The van der Waals surface area contributed by atoms with Gasteiger partial charge in [0.25, 0.3) is 0 Å². The Hall–Kier alpha value is -0.340. The molecule has 1 N–H and O–H groups in total. The Bertz CT molecular complexity index is 331. The highest BCUT2D eigenvalue weighted by Crippen LogP contribution is 2.39. The Kier molecular flexibility index (Phi) is 3.47. The maximum atomic E-state index is 3.55. The van der Waals surface area contributed by atoms with Crippen LogP contribution in [0, 0.1) is 5.41 Å². The van der Waals surface area contributed by atoms with Crippen LogP contribution in [0.15, 0.2) is 28.7 Å². The second-order valence-electron chi connectivity index (χ2n) is 4.90. The molecule has 15 heavy (non-hydrogen) atoms. The van der Waals surface area contributed by atoms with Gasteiger partial charge in [-0.25, -0.2) is 0 Å². The molecule has 82 valence electrons. The molecule has 0 aliphatic heterocycles. The van der Waals surface area contributed by atoms with E-state index in [0.717, 1.165) is 17.6 Å². The van der Waals surface area contributed by atoms with E-state index in [1.54, 1.807) is 0 Å². The molecule has 1 aliphatic rings. The van der Waals surface area contributed by atoms with Gasteiger partial charge in [-0.2, -0.15) is 0 Å². The fourth-order valence-electron chi connectivity index (χ4n) is 2.11. The highest BCUT2D eigenvalue weighted by Gasteiger charge is 2.30. The fourth-order valence-corrected chi connectivity index (χ4v) is 2.56. The van der Waals surface area contributed by atoms with Crippen LogP contribution in [-0.2, 0) is 6.54 Å². The Morgan fingerprint density at radius 2 is 2.20 bits per heavy atom. The molecule has 0 amide bonds. The van der Waals surface area contributed by atoms with Crippen LogP contribution in [0.3, 0.4) is 0 Å². The summed E-state index contributed by atoms with van der Waals surface area (Å²) in [7, 11) is 0. The zero-order chi connectivity index (χ0) is 10.7. The Morgan fingerprint density at radius 1 is 1.40 bits per heavy atom. The van der Waals surface area contributed by atoms with Gasteiger partial charge in [-0.15, -0.1) is 0 Å². The average Bonchev–Trinajstić information content (AvgIpc) is 2.15. The van der Waals surface area contributed by atoms with Gasteiger partial charge in [0.1, 0.15) is 0 Å². The van der Waals surface area contributed by atoms with E-state index in [0.29, 0.717) is 5.41 Å². The number of benzene rings is 1. The van der Waals surface area contributed by atoms with Crippen LogP contribution in [0.4, 0.5) is 0 Å². The van der Waals surface area contributed by atoms with Crippen molar-refractivity contribution >= 4 is 15.9 Å². The highest BCUT2D eigenvalue weighted by molar-refractivity contribution is 9.10. The zero-order valence-electron chi connectivity index (χ0n) is 9.22. The summed E-state index contributed by atoms with van der Waals surface area (Å²) in [5.41, 5.74) is 1.93. The second-order valence-corrected chi connectivity index (χ2v) is 5.81. The third-order valence-electron chi connectivity index (χ3n) is 3.33. The summed E-state index contributed by atoms with van der Waals surface area (Å²) in [4.78, 5) is 0. The monoisotopic (exact) mass is 267 g/mol. The predicted molar refractivity (Wildman–Crippen MR) is 67.8 cm³/mol. The molecule has 0 radical (unpaired) electrons. The molecule has 0 aromatic heterocycles. The largest absolute Gasteiger partial charge is 0.312 e. The van der Waals surface area contributed by atoms with E-state index in [1.807, 2.05) is 0 Å². The quantitative estimate of drug-likeness (QED) is 0.877. The van der Waals surface area contributed by atoms with Gasteiger partial charge in [0.05, 0.1) is 0 Å². The first-order valence-corrected chi connectivity index (χ1v) is 6.42. The number of rotatable bonds is 4. The van der Waals surface area contributed by atoms with Gasteiger partial charge < -0.3 is 5.32 Å². The lowest BCUT2D eigenvalue weighted by molar-refractivity contribution is 0.156. The van der Waals surface area contributed by atoms with Crippen molar-refractivity contribution in [2.75, 3.05) is 6.54 Å². The summed E-state index contributed by atoms with van der Waals surface area (Å²) in [6.45, 7) is 4.51. The molecule has 0 heterocycles. The Balaban J connectivity index is 1.78. The molecule has 0 unspecified atom stereocenters. The molecule has 1 aromatic rings. The number of nitrogens with one attached hydrogen (secondary N) is 1. The van der Waals surface area contributed by atoms with E-state index in [4.69, 9.17) is 0 Å². The lowest BCUT2D eigenvalue weighted by atomic mass is 9.70. The van der Waals surface area contributed by atoms with E-state index < -0.39 is 0 Å². The number of halogens is 1. The maximum Gasteiger partial charge on any atom is 0.0206 e. The first-order valence-electron chi connectivity index (χ1n) is 5.63. The van der Waals surface area contributed by atoms with E-state index in [1.165, 1.54) is 24.8 Å². The van der Waals surface area contributed by atoms with E-state index in [2.05, 4.69) is 52.4 Å². The molecule has 0 saturated heterocycles. The van der Waals surface area contributed by atoms with Crippen molar-refractivity contribution in [1.29, 1.82) is 0 Å².